The standard InChI is InChI=1S/C14H17F3N2O/c1-8-5-9(2)12(18)6-11(8)13(20)19(10-3-4-10)7-14(15,16)17/h5-6,10H,3-4,7,18H2,1-2H3. The molecule has 0 aliphatic heterocycles. The summed E-state index contributed by atoms with van der Waals surface area (Å²) in [5, 5.41) is 0. The average Bonchev–Trinajstić information content (AvgIpc) is 3.13. The molecule has 2 N–H and O–H groups in total. The first kappa shape index (κ1) is 14.7. The topological polar surface area (TPSA) is 46.3 Å². The molecule has 0 bridgehead atoms. The quantitative estimate of drug-likeness (QED) is 0.868. The fourth-order valence-electron chi connectivity index (χ4n) is 2.20. The summed E-state index contributed by atoms with van der Waals surface area (Å²) in [6.07, 6.45) is -3.13. The van der Waals surface area contributed by atoms with E-state index in [1.54, 1.807) is 19.9 Å². The van der Waals surface area contributed by atoms with E-state index >= 15 is 0 Å². The lowest BCUT2D eigenvalue weighted by Crippen LogP contribution is -2.40. The highest BCUT2D eigenvalue weighted by atomic mass is 19.4. The molecule has 1 saturated carbocycles. The van der Waals surface area contributed by atoms with Crippen LogP contribution in [0.3, 0.4) is 0 Å². The minimum absolute atomic E-state index is 0.254. The smallest absolute Gasteiger partial charge is 0.398 e. The molecule has 1 amide bonds. The zero-order valence-electron chi connectivity index (χ0n) is 11.4. The first-order valence-corrected chi connectivity index (χ1v) is 6.43. The number of nitrogens with two attached hydrogens (primary N) is 1. The molecule has 0 spiro atoms. The molecule has 0 heterocycles. The highest BCUT2D eigenvalue weighted by Crippen LogP contribution is 2.32. The third kappa shape index (κ3) is 3.23. The van der Waals surface area contributed by atoms with Gasteiger partial charge in [0.2, 0.25) is 0 Å². The van der Waals surface area contributed by atoms with Crippen molar-refractivity contribution in [2.24, 2.45) is 0 Å². The largest absolute Gasteiger partial charge is 0.406 e. The number of hydrogen-bond donors (Lipinski definition) is 1. The molecule has 0 radical (unpaired) electrons. The van der Waals surface area contributed by atoms with Gasteiger partial charge in [-0.1, -0.05) is 6.07 Å². The summed E-state index contributed by atoms with van der Waals surface area (Å²) in [7, 11) is 0. The molecule has 0 unspecified atom stereocenters. The van der Waals surface area contributed by atoms with E-state index in [2.05, 4.69) is 0 Å². The van der Waals surface area contributed by atoms with E-state index in [4.69, 9.17) is 5.73 Å². The number of alkyl halides is 3. The van der Waals surface area contributed by atoms with Crippen molar-refractivity contribution in [2.45, 2.75) is 38.9 Å². The molecule has 3 nitrogen and oxygen atoms in total. The van der Waals surface area contributed by atoms with E-state index in [1.165, 1.54) is 6.07 Å². The number of benzene rings is 1. The Hall–Kier alpha value is -1.72. The van der Waals surface area contributed by atoms with Crippen LogP contribution in [0.5, 0.6) is 0 Å². The molecule has 0 saturated heterocycles. The van der Waals surface area contributed by atoms with Gasteiger partial charge in [0.05, 0.1) is 0 Å². The van der Waals surface area contributed by atoms with Crippen molar-refractivity contribution in [1.29, 1.82) is 0 Å². The van der Waals surface area contributed by atoms with Crippen molar-refractivity contribution >= 4 is 11.6 Å². The van der Waals surface area contributed by atoms with Gasteiger partial charge in [0.1, 0.15) is 6.54 Å². The molecule has 2 rings (SSSR count). The molecule has 20 heavy (non-hydrogen) atoms. The second-order valence-corrected chi connectivity index (χ2v) is 5.30. The average molecular weight is 286 g/mol. The van der Waals surface area contributed by atoms with E-state index in [0.717, 1.165) is 10.5 Å². The zero-order chi connectivity index (χ0) is 15.1. The number of halogens is 3. The summed E-state index contributed by atoms with van der Waals surface area (Å²) in [6.45, 7) is 2.30. The van der Waals surface area contributed by atoms with Crippen LogP contribution in [-0.4, -0.2) is 29.6 Å². The van der Waals surface area contributed by atoms with Crippen LogP contribution in [0, 0.1) is 13.8 Å². The summed E-state index contributed by atoms with van der Waals surface area (Å²) in [5.41, 5.74) is 7.89. The second kappa shape index (κ2) is 5.00. The number of anilines is 1. The molecule has 1 aromatic carbocycles. The maximum atomic E-state index is 12.6. The zero-order valence-corrected chi connectivity index (χ0v) is 11.4. The van der Waals surface area contributed by atoms with Crippen LogP contribution in [-0.2, 0) is 0 Å². The Bertz CT molecular complexity index is 536. The van der Waals surface area contributed by atoms with Gasteiger partial charge in [-0.3, -0.25) is 4.79 Å². The number of carbonyl (C=O) groups is 1. The molecule has 110 valence electrons. The van der Waals surface area contributed by atoms with Gasteiger partial charge in [-0.25, -0.2) is 0 Å². The summed E-state index contributed by atoms with van der Waals surface area (Å²) < 4.78 is 37.8. The van der Waals surface area contributed by atoms with Crippen LogP contribution in [0.2, 0.25) is 0 Å². The first-order valence-electron chi connectivity index (χ1n) is 6.43. The molecule has 1 aliphatic carbocycles. The minimum atomic E-state index is -4.39. The monoisotopic (exact) mass is 286 g/mol. The Morgan fingerprint density at radius 3 is 2.40 bits per heavy atom. The summed E-state index contributed by atoms with van der Waals surface area (Å²) >= 11 is 0. The van der Waals surface area contributed by atoms with Crippen LogP contribution in [0.1, 0.15) is 34.3 Å². The van der Waals surface area contributed by atoms with Crippen LogP contribution >= 0.6 is 0 Å². The number of hydrogen-bond acceptors (Lipinski definition) is 2. The van der Waals surface area contributed by atoms with Gasteiger partial charge in [0.25, 0.3) is 5.91 Å². The third-order valence-corrected chi connectivity index (χ3v) is 3.44. The second-order valence-electron chi connectivity index (χ2n) is 5.30. The number of nitrogens with zero attached hydrogens (tertiary/aromatic N) is 1. The van der Waals surface area contributed by atoms with Crippen LogP contribution < -0.4 is 5.73 Å². The van der Waals surface area contributed by atoms with Crippen molar-refractivity contribution < 1.29 is 18.0 Å². The van der Waals surface area contributed by atoms with Gasteiger partial charge in [-0.15, -0.1) is 0 Å². The predicted molar refractivity (Wildman–Crippen MR) is 70.4 cm³/mol. The summed E-state index contributed by atoms with van der Waals surface area (Å²) in [6, 6.07) is 2.89. The van der Waals surface area contributed by atoms with Crippen molar-refractivity contribution in [3.8, 4) is 0 Å². The Morgan fingerprint density at radius 1 is 1.30 bits per heavy atom. The number of carbonyl (C=O) groups excluding carboxylic acids is 1. The van der Waals surface area contributed by atoms with Crippen LogP contribution in [0.25, 0.3) is 0 Å². The maximum absolute atomic E-state index is 12.6. The third-order valence-electron chi connectivity index (χ3n) is 3.44. The molecular weight excluding hydrogens is 269 g/mol. The number of aryl methyl sites for hydroxylation is 2. The van der Waals surface area contributed by atoms with Gasteiger partial charge >= 0.3 is 6.18 Å². The summed E-state index contributed by atoms with van der Waals surface area (Å²) in [4.78, 5) is 13.3. The molecule has 6 heteroatoms. The highest BCUT2D eigenvalue weighted by Gasteiger charge is 2.41. The molecule has 1 aromatic rings. The van der Waals surface area contributed by atoms with Gasteiger partial charge in [0, 0.05) is 17.3 Å². The molecule has 1 aliphatic rings. The number of nitrogen functional groups attached to an aromatic ring is 1. The Balaban J connectivity index is 2.30. The lowest BCUT2D eigenvalue weighted by molar-refractivity contribution is -0.141. The van der Waals surface area contributed by atoms with Gasteiger partial charge in [-0.2, -0.15) is 13.2 Å². The normalized spacial score (nSPS) is 15.2. The van der Waals surface area contributed by atoms with Crippen molar-refractivity contribution in [2.75, 3.05) is 12.3 Å². The van der Waals surface area contributed by atoms with Crippen molar-refractivity contribution in [3.63, 3.8) is 0 Å². The van der Waals surface area contributed by atoms with E-state index in [0.29, 0.717) is 24.1 Å². The van der Waals surface area contributed by atoms with E-state index in [1.807, 2.05) is 0 Å². The van der Waals surface area contributed by atoms with Gasteiger partial charge < -0.3 is 10.6 Å². The molecule has 0 aromatic heterocycles. The number of amides is 1. The Morgan fingerprint density at radius 2 is 1.90 bits per heavy atom. The van der Waals surface area contributed by atoms with Crippen LogP contribution in [0.15, 0.2) is 12.1 Å². The fourth-order valence-corrected chi connectivity index (χ4v) is 2.20. The fraction of sp³-hybridized carbons (Fsp3) is 0.500. The molecular formula is C14H17F3N2O. The Labute approximate surface area is 115 Å². The van der Waals surface area contributed by atoms with Crippen LogP contribution in [0.4, 0.5) is 18.9 Å². The SMILES string of the molecule is Cc1cc(C)c(C(=O)N(CC(F)(F)F)C2CC2)cc1N. The predicted octanol–water partition coefficient (Wildman–Crippen LogP) is 3.05. The maximum Gasteiger partial charge on any atom is 0.406 e. The highest BCUT2D eigenvalue weighted by molar-refractivity contribution is 5.97. The van der Waals surface area contributed by atoms with E-state index in [9.17, 15) is 18.0 Å². The minimum Gasteiger partial charge on any atom is -0.398 e. The van der Waals surface area contributed by atoms with E-state index < -0.39 is 18.6 Å². The van der Waals surface area contributed by atoms with Gasteiger partial charge in [0.15, 0.2) is 0 Å². The molecule has 0 atom stereocenters. The summed E-state index contributed by atoms with van der Waals surface area (Å²) in [5.74, 6) is -0.589. The van der Waals surface area contributed by atoms with Gasteiger partial charge in [-0.05, 0) is 43.9 Å². The first-order chi connectivity index (χ1) is 9.19. The van der Waals surface area contributed by atoms with Crippen molar-refractivity contribution in [1.82, 2.24) is 4.90 Å². The lowest BCUT2D eigenvalue weighted by Gasteiger charge is -2.25. The lowest BCUT2D eigenvalue weighted by atomic mass is 10.0. The Kier molecular flexibility index (Phi) is 3.67. The number of rotatable bonds is 3. The van der Waals surface area contributed by atoms with E-state index in [-0.39, 0.29) is 11.6 Å². The molecule has 1 fully saturated rings. The van der Waals surface area contributed by atoms with Crippen molar-refractivity contribution in [3.05, 3.63) is 28.8 Å².